The van der Waals surface area contributed by atoms with Crippen LogP contribution in [0.15, 0.2) is 49.3 Å². The molecule has 0 radical (unpaired) electrons. The summed E-state index contributed by atoms with van der Waals surface area (Å²) in [5.41, 5.74) is 1.59. The van der Waals surface area contributed by atoms with Gasteiger partial charge in [0.25, 0.3) is 5.92 Å². The molecule has 3 aromatic rings. The Morgan fingerprint density at radius 3 is 2.77 bits per heavy atom. The van der Waals surface area contributed by atoms with Gasteiger partial charge in [-0.15, -0.1) is 6.58 Å². The lowest BCUT2D eigenvalue weighted by Gasteiger charge is -2.31. The summed E-state index contributed by atoms with van der Waals surface area (Å²) in [5, 5.41) is 17.1. The molecule has 5 rings (SSSR count). The van der Waals surface area contributed by atoms with E-state index in [2.05, 4.69) is 38.2 Å². The van der Waals surface area contributed by atoms with Crippen molar-refractivity contribution in [2.24, 2.45) is 5.92 Å². The molecule has 1 aromatic carbocycles. The fourth-order valence-corrected chi connectivity index (χ4v) is 5.37. The predicted octanol–water partition coefficient (Wildman–Crippen LogP) is 6.06. The monoisotopic (exact) mass is 546 g/mol. The van der Waals surface area contributed by atoms with E-state index in [0.717, 1.165) is 43.2 Å². The minimum atomic E-state index is -2.85. The smallest absolute Gasteiger partial charge is 0.276 e. The average molecular weight is 547 g/mol. The molecule has 0 amide bonds. The van der Waals surface area contributed by atoms with Gasteiger partial charge in [0, 0.05) is 23.6 Å². The van der Waals surface area contributed by atoms with Gasteiger partial charge in [0.05, 0.1) is 23.5 Å². The molecule has 1 saturated carbocycles. The molecule has 9 heteroatoms. The molecule has 2 fully saturated rings. The van der Waals surface area contributed by atoms with Gasteiger partial charge in [-0.3, -0.25) is 0 Å². The van der Waals surface area contributed by atoms with E-state index in [1.165, 1.54) is 12.4 Å². The fraction of sp³-hybridized carbons (Fsp3) is 0.484. The van der Waals surface area contributed by atoms with Crippen LogP contribution in [0.25, 0.3) is 11.0 Å². The zero-order chi connectivity index (χ0) is 28.0. The van der Waals surface area contributed by atoms with Crippen LogP contribution < -0.4 is 15.4 Å². The van der Waals surface area contributed by atoms with Gasteiger partial charge in [-0.1, -0.05) is 24.3 Å². The van der Waals surface area contributed by atoms with Crippen LogP contribution in [0.5, 0.6) is 5.88 Å². The molecule has 2 N–H and O–H groups in total. The highest BCUT2D eigenvalue weighted by Gasteiger charge is 2.48. The van der Waals surface area contributed by atoms with Crippen molar-refractivity contribution in [2.75, 3.05) is 31.6 Å². The second-order valence-corrected chi connectivity index (χ2v) is 10.8. The van der Waals surface area contributed by atoms with Crippen LogP contribution in [-0.4, -0.2) is 41.2 Å². The van der Waals surface area contributed by atoms with Crippen LogP contribution in [0.4, 0.5) is 14.6 Å². The maximum absolute atomic E-state index is 15.2. The lowest BCUT2D eigenvalue weighted by atomic mass is 9.86. The van der Waals surface area contributed by atoms with E-state index in [9.17, 15) is 5.26 Å². The topological polar surface area (TPSA) is 95.8 Å². The number of alkyl halides is 2. The summed E-state index contributed by atoms with van der Waals surface area (Å²) < 4.78 is 36.5. The van der Waals surface area contributed by atoms with Crippen molar-refractivity contribution in [3.05, 3.63) is 66.0 Å². The third kappa shape index (κ3) is 6.07. The molecule has 1 aliphatic carbocycles. The summed E-state index contributed by atoms with van der Waals surface area (Å²) in [6.07, 6.45) is 9.14. The first-order valence-corrected chi connectivity index (χ1v) is 14.2. The molecular formula is C31H36F2N6O. The van der Waals surface area contributed by atoms with Crippen molar-refractivity contribution in [3.63, 3.8) is 0 Å². The molecule has 0 atom stereocenters. The third-order valence-corrected chi connectivity index (χ3v) is 7.98. The maximum Gasteiger partial charge on any atom is 0.276 e. The minimum absolute atomic E-state index is 0.0847. The summed E-state index contributed by atoms with van der Waals surface area (Å²) in [6.45, 7) is 6.02. The number of allylic oxidation sites excluding steroid dienone is 1. The zero-order valence-corrected chi connectivity index (χ0v) is 22.8. The summed E-state index contributed by atoms with van der Waals surface area (Å²) in [4.78, 5) is 13.5. The van der Waals surface area contributed by atoms with Crippen molar-refractivity contribution in [2.45, 2.75) is 62.7 Å². The molecule has 3 heterocycles. The SMILES string of the molecule is C=CCCCCOc1nc2ncnc(NCCc3cccc(C(F)(F)C4CCNCC4)c3)c2cc1C1(C#N)CC1. The molecule has 1 saturated heterocycles. The molecule has 0 unspecified atom stereocenters. The Balaban J connectivity index is 1.31. The molecule has 7 nitrogen and oxygen atoms in total. The predicted molar refractivity (Wildman–Crippen MR) is 152 cm³/mol. The van der Waals surface area contributed by atoms with Crippen molar-refractivity contribution in [3.8, 4) is 11.9 Å². The van der Waals surface area contributed by atoms with E-state index >= 15 is 8.78 Å². The Hall–Kier alpha value is -3.64. The number of nitrogens with zero attached hydrogens (tertiary/aromatic N) is 4. The normalized spacial score (nSPS) is 16.8. The van der Waals surface area contributed by atoms with E-state index in [4.69, 9.17) is 4.74 Å². The van der Waals surface area contributed by atoms with Crippen molar-refractivity contribution in [1.82, 2.24) is 20.3 Å². The van der Waals surface area contributed by atoms with E-state index in [1.807, 2.05) is 18.2 Å². The highest BCUT2D eigenvalue weighted by molar-refractivity contribution is 5.88. The van der Waals surface area contributed by atoms with Crippen molar-refractivity contribution >= 4 is 16.9 Å². The van der Waals surface area contributed by atoms with Crippen LogP contribution in [-0.2, 0) is 17.8 Å². The number of fused-ring (bicyclic) bond motifs is 1. The highest BCUT2D eigenvalue weighted by Crippen LogP contribution is 2.51. The third-order valence-electron chi connectivity index (χ3n) is 7.98. The van der Waals surface area contributed by atoms with Gasteiger partial charge >= 0.3 is 0 Å². The molecule has 0 spiro atoms. The van der Waals surface area contributed by atoms with Crippen LogP contribution >= 0.6 is 0 Å². The number of hydrogen-bond donors (Lipinski definition) is 2. The van der Waals surface area contributed by atoms with E-state index < -0.39 is 17.3 Å². The first-order chi connectivity index (χ1) is 19.5. The molecule has 2 aliphatic rings. The van der Waals surface area contributed by atoms with E-state index in [0.29, 0.717) is 68.2 Å². The number of pyridine rings is 1. The maximum atomic E-state index is 15.2. The fourth-order valence-electron chi connectivity index (χ4n) is 5.37. The van der Waals surface area contributed by atoms with Crippen LogP contribution in [0.2, 0.25) is 0 Å². The lowest BCUT2D eigenvalue weighted by Crippen LogP contribution is -2.36. The van der Waals surface area contributed by atoms with Gasteiger partial charge in [-0.2, -0.15) is 10.2 Å². The van der Waals surface area contributed by atoms with Gasteiger partial charge in [0.2, 0.25) is 5.88 Å². The number of piperidine rings is 1. The van der Waals surface area contributed by atoms with Gasteiger partial charge in [0.1, 0.15) is 12.1 Å². The second kappa shape index (κ2) is 12.3. The Morgan fingerprint density at radius 2 is 2.02 bits per heavy atom. The quantitative estimate of drug-likeness (QED) is 0.199. The number of rotatable bonds is 13. The average Bonchev–Trinajstić information content (AvgIpc) is 3.79. The number of nitrogens with one attached hydrogen (secondary N) is 2. The van der Waals surface area contributed by atoms with Gasteiger partial charge in [-0.25, -0.2) is 18.7 Å². The second-order valence-electron chi connectivity index (χ2n) is 10.8. The molecule has 2 aromatic heterocycles. The number of ether oxygens (including phenoxy) is 1. The first kappa shape index (κ1) is 27.9. The van der Waals surface area contributed by atoms with Crippen molar-refractivity contribution < 1.29 is 13.5 Å². The Labute approximate surface area is 234 Å². The first-order valence-electron chi connectivity index (χ1n) is 14.2. The molecule has 40 heavy (non-hydrogen) atoms. The van der Waals surface area contributed by atoms with Crippen LogP contribution in [0, 0.1) is 17.2 Å². The number of aromatic nitrogens is 3. The molecular weight excluding hydrogens is 510 g/mol. The Bertz CT molecular complexity index is 1380. The van der Waals surface area contributed by atoms with E-state index in [1.54, 1.807) is 12.1 Å². The van der Waals surface area contributed by atoms with Gasteiger partial charge < -0.3 is 15.4 Å². The number of hydrogen-bond acceptors (Lipinski definition) is 7. The largest absolute Gasteiger partial charge is 0.477 e. The summed E-state index contributed by atoms with van der Waals surface area (Å²) in [5.74, 6) is -2.43. The lowest BCUT2D eigenvalue weighted by molar-refractivity contribution is -0.0754. The van der Waals surface area contributed by atoms with E-state index in [-0.39, 0.29) is 5.56 Å². The minimum Gasteiger partial charge on any atom is -0.477 e. The van der Waals surface area contributed by atoms with Crippen LogP contribution in [0.1, 0.15) is 61.6 Å². The number of nitriles is 1. The number of halogens is 2. The zero-order valence-electron chi connectivity index (χ0n) is 22.8. The van der Waals surface area contributed by atoms with Crippen LogP contribution in [0.3, 0.4) is 0 Å². The summed E-state index contributed by atoms with van der Waals surface area (Å²) >= 11 is 0. The van der Waals surface area contributed by atoms with Gasteiger partial charge in [0.15, 0.2) is 5.65 Å². The standard InChI is InChI=1S/C31H36F2N6O/c1-2-3-4-5-17-40-29-26(30(20-34)12-13-30)19-25-27(37-21-38-28(25)39-29)36-16-9-22-7-6-8-24(18-22)31(32,33)23-10-14-35-15-11-23/h2,6-8,18-19,21,23,35H,1,3-5,9-17H2,(H,36,37,38,39). The molecule has 210 valence electrons. The number of benzene rings is 1. The van der Waals surface area contributed by atoms with Gasteiger partial charge in [-0.05, 0) is 82.2 Å². The highest BCUT2D eigenvalue weighted by atomic mass is 19.3. The Kier molecular flexibility index (Phi) is 8.55. The summed E-state index contributed by atoms with van der Waals surface area (Å²) in [7, 11) is 0. The Morgan fingerprint density at radius 1 is 1.20 bits per heavy atom. The number of anilines is 1. The van der Waals surface area contributed by atoms with Crippen molar-refractivity contribution in [1.29, 1.82) is 5.26 Å². The molecule has 1 aliphatic heterocycles. The summed E-state index contributed by atoms with van der Waals surface area (Å²) in [6, 6.07) is 11.1. The molecule has 0 bridgehead atoms. The number of unbranched alkanes of at least 4 members (excludes halogenated alkanes) is 2.